The van der Waals surface area contributed by atoms with Crippen LogP contribution in [0, 0.1) is 12.1 Å². The number of nitrogens with one attached hydrogen (secondary N) is 1. The van der Waals surface area contributed by atoms with Crippen molar-refractivity contribution in [2.75, 3.05) is 7.05 Å². The molecule has 9 heteroatoms. The highest BCUT2D eigenvalue weighted by atomic mass is 35.5. The molecule has 174 valence electrons. The second-order valence-corrected chi connectivity index (χ2v) is 9.48. The second-order valence-electron chi connectivity index (χ2n) is 9.12. The van der Waals surface area contributed by atoms with Gasteiger partial charge < -0.3 is 23.8 Å². The number of nitrogens with zero attached hydrogens (tertiary/aromatic N) is 4. The summed E-state index contributed by atoms with van der Waals surface area (Å²) in [5.41, 5.74) is 3.57. The lowest BCUT2D eigenvalue weighted by Gasteiger charge is -2.25. The van der Waals surface area contributed by atoms with Crippen molar-refractivity contribution in [1.29, 1.82) is 0 Å². The smallest absolute Gasteiger partial charge is 0.178 e. The molecule has 0 amide bonds. The zero-order chi connectivity index (χ0) is 23.4. The largest absolute Gasteiger partial charge is 0.349 e. The summed E-state index contributed by atoms with van der Waals surface area (Å²) in [6, 6.07) is 14.3. The molecule has 2 saturated heterocycles. The van der Waals surface area contributed by atoms with E-state index >= 15 is 0 Å². The monoisotopic (exact) mass is 477 g/mol. The third kappa shape index (κ3) is 3.65. The molecule has 0 radical (unpaired) electrons. The van der Waals surface area contributed by atoms with Gasteiger partial charge in [0.05, 0.1) is 17.0 Å². The van der Waals surface area contributed by atoms with E-state index in [1.807, 2.05) is 36.7 Å². The lowest BCUT2D eigenvalue weighted by molar-refractivity contribution is -0.196. The van der Waals surface area contributed by atoms with Gasteiger partial charge in [-0.2, -0.15) is 0 Å². The van der Waals surface area contributed by atoms with Crippen LogP contribution in [-0.4, -0.2) is 50.7 Å². The maximum Gasteiger partial charge on any atom is 0.178 e. The molecule has 4 aromatic rings. The van der Waals surface area contributed by atoms with E-state index in [-0.39, 0.29) is 24.5 Å². The summed E-state index contributed by atoms with van der Waals surface area (Å²) in [7, 11) is 1.73. The second kappa shape index (κ2) is 8.07. The van der Waals surface area contributed by atoms with Gasteiger partial charge in [0.2, 0.25) is 0 Å². The fourth-order valence-electron chi connectivity index (χ4n) is 4.93. The average molecular weight is 478 g/mol. The van der Waals surface area contributed by atoms with Crippen LogP contribution in [0.1, 0.15) is 32.1 Å². The van der Waals surface area contributed by atoms with Crippen molar-refractivity contribution in [2.45, 2.75) is 57.0 Å². The number of H-pyrrole nitrogens is 1. The highest BCUT2D eigenvalue weighted by Gasteiger charge is 2.55. The molecule has 1 N–H and O–H groups in total. The predicted molar refractivity (Wildman–Crippen MR) is 126 cm³/mol. The first-order valence-electron chi connectivity index (χ1n) is 11.3. The van der Waals surface area contributed by atoms with E-state index in [1.54, 1.807) is 7.05 Å². The molecule has 34 heavy (non-hydrogen) atoms. The molecule has 6 rings (SSSR count). The summed E-state index contributed by atoms with van der Waals surface area (Å²) in [5.74, 6) is -0.685. The fraction of sp³-hybridized carbons (Fsp3) is 0.400. The number of halogens is 1. The van der Waals surface area contributed by atoms with Crippen molar-refractivity contribution in [2.24, 2.45) is 4.99 Å². The third-order valence-corrected chi connectivity index (χ3v) is 6.76. The van der Waals surface area contributed by atoms with Gasteiger partial charge in [0.15, 0.2) is 17.5 Å². The molecule has 0 spiro atoms. The molecular weight excluding hydrogens is 454 g/mol. The summed E-state index contributed by atoms with van der Waals surface area (Å²) in [6.45, 7) is 3.88. The summed E-state index contributed by atoms with van der Waals surface area (Å²) < 4.78 is 21.1. The Labute approximate surface area is 201 Å². The molecule has 1 aromatic carbocycles. The van der Waals surface area contributed by atoms with Crippen LogP contribution in [0.5, 0.6) is 0 Å². The van der Waals surface area contributed by atoms with E-state index in [0.717, 1.165) is 29.1 Å². The highest BCUT2D eigenvalue weighted by Crippen LogP contribution is 2.45. The number of fused-ring (bicyclic) bond motifs is 3. The summed E-state index contributed by atoms with van der Waals surface area (Å²) in [4.78, 5) is 16.0. The van der Waals surface area contributed by atoms with E-state index in [4.69, 9.17) is 25.8 Å². The van der Waals surface area contributed by atoms with Crippen LogP contribution in [0.3, 0.4) is 0 Å². The molecule has 4 atom stereocenters. The normalized spacial score (nSPS) is 26.3. The quantitative estimate of drug-likeness (QED) is 0.452. The maximum absolute atomic E-state index is 6.54. The minimum atomic E-state index is -0.685. The number of aromatic amines is 1. The zero-order valence-electron chi connectivity index (χ0n) is 19.1. The lowest BCUT2D eigenvalue weighted by atomic mass is 10.0. The van der Waals surface area contributed by atoms with E-state index in [2.05, 4.69) is 44.2 Å². The first-order valence-corrected chi connectivity index (χ1v) is 11.7. The van der Waals surface area contributed by atoms with Crippen LogP contribution in [0.4, 0.5) is 0 Å². The number of rotatable bonds is 4. The Morgan fingerprint density at radius 3 is 2.88 bits per heavy atom. The molecule has 2 aliphatic rings. The van der Waals surface area contributed by atoms with Gasteiger partial charge in [0, 0.05) is 18.6 Å². The number of benzene rings is 1. The number of aromatic nitrogens is 4. The van der Waals surface area contributed by atoms with Gasteiger partial charge in [0.1, 0.15) is 29.3 Å². The first-order chi connectivity index (χ1) is 16.4. The Balaban J connectivity index is 1.27. The van der Waals surface area contributed by atoms with Gasteiger partial charge in [-0.1, -0.05) is 23.7 Å². The van der Waals surface area contributed by atoms with Crippen LogP contribution < -0.4 is 5.49 Å². The zero-order valence-corrected chi connectivity index (χ0v) is 19.8. The summed E-state index contributed by atoms with van der Waals surface area (Å²) >= 11 is 6.27. The number of aryl methyl sites for hydroxylation is 1. The summed E-state index contributed by atoms with van der Waals surface area (Å²) in [5, 5.41) is 2.18. The van der Waals surface area contributed by atoms with Gasteiger partial charge in [-0.25, -0.2) is 9.97 Å². The van der Waals surface area contributed by atoms with Crippen LogP contribution in [-0.2, 0) is 20.6 Å². The minimum Gasteiger partial charge on any atom is -0.349 e. The van der Waals surface area contributed by atoms with E-state index < -0.39 is 5.79 Å². The molecule has 8 nitrogen and oxygen atoms in total. The van der Waals surface area contributed by atoms with Gasteiger partial charge in [-0.05, 0) is 56.5 Å². The number of hydrogen-bond donors (Lipinski definition) is 1. The van der Waals surface area contributed by atoms with Crippen molar-refractivity contribution in [3.63, 3.8) is 0 Å². The molecule has 5 heterocycles. The van der Waals surface area contributed by atoms with Gasteiger partial charge in [0.25, 0.3) is 0 Å². The van der Waals surface area contributed by atoms with Crippen molar-refractivity contribution < 1.29 is 14.2 Å². The predicted octanol–water partition coefficient (Wildman–Crippen LogP) is 3.75. The topological polar surface area (TPSA) is 86.6 Å². The fourth-order valence-corrected chi connectivity index (χ4v) is 5.12. The molecule has 3 aromatic heterocycles. The number of hydrogen-bond acceptors (Lipinski definition) is 6. The van der Waals surface area contributed by atoms with Crippen LogP contribution >= 0.6 is 11.6 Å². The maximum atomic E-state index is 6.54. The van der Waals surface area contributed by atoms with Crippen LogP contribution in [0.2, 0.25) is 5.15 Å². The van der Waals surface area contributed by atoms with Crippen molar-refractivity contribution in [3.8, 4) is 0 Å². The lowest BCUT2D eigenvalue weighted by Crippen LogP contribution is -2.29. The SMILES string of the molecule is CN=c1c#cc2ccc(CC[C@H]3O[C@@H](n4ccc5c(Cl)ncnc54)[C@@H]4OC(C)(C)O[C@@H]43)cc2[nH]1. The molecule has 0 bridgehead atoms. The Morgan fingerprint density at radius 2 is 2.03 bits per heavy atom. The van der Waals surface area contributed by atoms with Gasteiger partial charge in [-0.3, -0.25) is 4.99 Å². The van der Waals surface area contributed by atoms with Gasteiger partial charge in [-0.15, -0.1) is 0 Å². The average Bonchev–Trinajstić information content (AvgIpc) is 3.48. The molecule has 0 unspecified atom stereocenters. The molecular formula is C25H24ClN5O3. The van der Waals surface area contributed by atoms with Crippen molar-refractivity contribution in [1.82, 2.24) is 19.5 Å². The molecule has 2 aliphatic heterocycles. The van der Waals surface area contributed by atoms with Gasteiger partial charge >= 0.3 is 0 Å². The van der Waals surface area contributed by atoms with E-state index in [9.17, 15) is 0 Å². The highest BCUT2D eigenvalue weighted by molar-refractivity contribution is 6.33. The Hall–Kier alpha value is -2.96. The van der Waals surface area contributed by atoms with Crippen LogP contribution in [0.25, 0.3) is 21.9 Å². The van der Waals surface area contributed by atoms with Crippen LogP contribution in [0.15, 0.2) is 41.8 Å². The minimum absolute atomic E-state index is 0.136. The Bertz CT molecular complexity index is 1450. The first kappa shape index (κ1) is 21.6. The molecule has 2 fully saturated rings. The Morgan fingerprint density at radius 1 is 1.18 bits per heavy atom. The van der Waals surface area contributed by atoms with Crippen molar-refractivity contribution >= 4 is 33.5 Å². The van der Waals surface area contributed by atoms with E-state index in [1.165, 1.54) is 11.9 Å². The van der Waals surface area contributed by atoms with E-state index in [0.29, 0.717) is 16.3 Å². The molecule has 0 saturated carbocycles. The summed E-state index contributed by atoms with van der Waals surface area (Å²) in [6.07, 6.45) is 4.05. The number of ether oxygens (including phenoxy) is 3. The standard InChI is InChI=1S/C25H24ClN5O3/c1-25(2)33-20-18(8-5-14-4-6-15-7-9-19(27-3)30-17(15)12-14)32-24(21(20)34-25)31-11-10-16-22(26)28-13-29-23(16)31/h4,6,10-13,18,20-21,24H,5,8H2,1-3H3,(H,27,30)/t18-,20-,21-,24-/m1/s1. The molecule has 0 aliphatic carbocycles. The third-order valence-electron chi connectivity index (χ3n) is 6.45. The van der Waals surface area contributed by atoms with Crippen molar-refractivity contribution in [3.05, 3.63) is 65.1 Å². The Kier molecular flexibility index (Phi) is 5.12.